The van der Waals surface area contributed by atoms with Crippen molar-refractivity contribution in [3.63, 3.8) is 0 Å². The zero-order valence-corrected chi connectivity index (χ0v) is 12.1. The minimum atomic E-state index is -0.390. The third kappa shape index (κ3) is 2.89. The van der Waals surface area contributed by atoms with Crippen molar-refractivity contribution in [1.82, 2.24) is 0 Å². The van der Waals surface area contributed by atoms with E-state index in [0.29, 0.717) is 18.4 Å². The summed E-state index contributed by atoms with van der Waals surface area (Å²) in [6, 6.07) is 7.52. The quantitative estimate of drug-likeness (QED) is 0.793. The number of nitriles is 1. The molecule has 1 aliphatic rings. The first kappa shape index (κ1) is 15.0. The van der Waals surface area contributed by atoms with E-state index >= 15 is 0 Å². The summed E-state index contributed by atoms with van der Waals surface area (Å²) in [5.74, 6) is -1.17. The van der Waals surface area contributed by atoms with Crippen LogP contribution in [0, 0.1) is 23.2 Å². The van der Waals surface area contributed by atoms with Gasteiger partial charge in [-0.05, 0) is 36.0 Å². The zero-order chi connectivity index (χ0) is 15.4. The number of rotatable bonds is 3. The van der Waals surface area contributed by atoms with E-state index in [0.717, 1.165) is 11.1 Å². The van der Waals surface area contributed by atoms with Crippen LogP contribution >= 0.6 is 0 Å². The van der Waals surface area contributed by atoms with E-state index in [9.17, 15) is 9.59 Å². The van der Waals surface area contributed by atoms with Gasteiger partial charge in [0, 0.05) is 6.42 Å². The SMILES string of the molecule is COC(=O)c1cccc2c1CC(CC#N)C(C(=O)OC)C2. The van der Waals surface area contributed by atoms with Crippen molar-refractivity contribution in [1.29, 1.82) is 5.26 Å². The molecule has 5 heteroatoms. The summed E-state index contributed by atoms with van der Waals surface area (Å²) in [5, 5.41) is 8.97. The highest BCUT2D eigenvalue weighted by Gasteiger charge is 2.35. The fourth-order valence-corrected chi connectivity index (χ4v) is 2.94. The van der Waals surface area contributed by atoms with Crippen LogP contribution in [0.1, 0.15) is 27.9 Å². The van der Waals surface area contributed by atoms with Crippen molar-refractivity contribution in [3.8, 4) is 6.07 Å². The van der Waals surface area contributed by atoms with Gasteiger partial charge in [0.25, 0.3) is 0 Å². The van der Waals surface area contributed by atoms with Gasteiger partial charge in [-0.3, -0.25) is 4.79 Å². The van der Waals surface area contributed by atoms with Crippen LogP contribution < -0.4 is 0 Å². The lowest BCUT2D eigenvalue weighted by Crippen LogP contribution is -2.33. The second kappa shape index (κ2) is 6.40. The Hall–Kier alpha value is -2.35. The number of carbonyl (C=O) groups is 2. The fourth-order valence-electron chi connectivity index (χ4n) is 2.94. The lowest BCUT2D eigenvalue weighted by Gasteiger charge is -2.30. The molecule has 0 spiro atoms. The topological polar surface area (TPSA) is 76.4 Å². The van der Waals surface area contributed by atoms with Gasteiger partial charge >= 0.3 is 11.9 Å². The highest BCUT2D eigenvalue weighted by Crippen LogP contribution is 2.34. The Morgan fingerprint density at radius 3 is 2.67 bits per heavy atom. The van der Waals surface area contributed by atoms with Gasteiger partial charge in [-0.2, -0.15) is 5.26 Å². The average Bonchev–Trinajstić information content (AvgIpc) is 2.52. The highest BCUT2D eigenvalue weighted by molar-refractivity contribution is 5.91. The van der Waals surface area contributed by atoms with Crippen LogP contribution in [0.3, 0.4) is 0 Å². The summed E-state index contributed by atoms with van der Waals surface area (Å²) >= 11 is 0. The molecule has 0 radical (unpaired) electrons. The van der Waals surface area contributed by atoms with Crippen LogP contribution in [0.2, 0.25) is 0 Å². The molecule has 0 saturated heterocycles. The number of hydrogen-bond acceptors (Lipinski definition) is 5. The molecule has 2 atom stereocenters. The molecule has 5 nitrogen and oxygen atoms in total. The van der Waals surface area contributed by atoms with Crippen LogP contribution in [-0.2, 0) is 27.1 Å². The molecular formula is C16H17NO4. The van der Waals surface area contributed by atoms with E-state index in [1.807, 2.05) is 6.07 Å². The molecule has 0 N–H and O–H groups in total. The van der Waals surface area contributed by atoms with Crippen LogP contribution in [0.15, 0.2) is 18.2 Å². The Balaban J connectivity index is 2.42. The normalized spacial score (nSPS) is 20.0. The van der Waals surface area contributed by atoms with Crippen LogP contribution in [0.25, 0.3) is 0 Å². The second-order valence-electron chi connectivity index (χ2n) is 5.10. The van der Waals surface area contributed by atoms with Crippen molar-refractivity contribution >= 4 is 11.9 Å². The van der Waals surface area contributed by atoms with Crippen LogP contribution in [0.4, 0.5) is 0 Å². The third-order valence-electron chi connectivity index (χ3n) is 4.01. The second-order valence-corrected chi connectivity index (χ2v) is 5.10. The lowest BCUT2D eigenvalue weighted by atomic mass is 9.73. The van der Waals surface area contributed by atoms with E-state index in [1.54, 1.807) is 12.1 Å². The number of carbonyl (C=O) groups excluding carboxylic acids is 2. The average molecular weight is 287 g/mol. The summed E-state index contributed by atoms with van der Waals surface area (Å²) in [4.78, 5) is 23.8. The molecule has 110 valence electrons. The smallest absolute Gasteiger partial charge is 0.338 e. The van der Waals surface area contributed by atoms with Gasteiger partial charge < -0.3 is 9.47 Å². The number of hydrogen-bond donors (Lipinski definition) is 0. The number of benzene rings is 1. The summed E-state index contributed by atoms with van der Waals surface area (Å²) in [7, 11) is 2.70. The Morgan fingerprint density at radius 2 is 2.05 bits per heavy atom. The van der Waals surface area contributed by atoms with Crippen molar-refractivity contribution in [2.75, 3.05) is 14.2 Å². The molecule has 0 saturated carbocycles. The zero-order valence-electron chi connectivity index (χ0n) is 12.1. The van der Waals surface area contributed by atoms with Crippen molar-refractivity contribution in [2.24, 2.45) is 11.8 Å². The van der Waals surface area contributed by atoms with E-state index in [4.69, 9.17) is 14.7 Å². The minimum absolute atomic E-state index is 0.138. The molecule has 0 fully saturated rings. The molecule has 2 unspecified atom stereocenters. The number of esters is 2. The first-order valence-corrected chi connectivity index (χ1v) is 6.76. The van der Waals surface area contributed by atoms with E-state index in [2.05, 4.69) is 6.07 Å². The van der Waals surface area contributed by atoms with Gasteiger partial charge in [0.05, 0.1) is 31.8 Å². The minimum Gasteiger partial charge on any atom is -0.469 e. The van der Waals surface area contributed by atoms with Crippen LogP contribution in [-0.4, -0.2) is 26.2 Å². The molecular weight excluding hydrogens is 270 g/mol. The molecule has 1 aliphatic carbocycles. The highest BCUT2D eigenvalue weighted by atomic mass is 16.5. The predicted molar refractivity (Wildman–Crippen MR) is 74.4 cm³/mol. The summed E-state index contributed by atoms with van der Waals surface area (Å²) in [6.07, 6.45) is 1.25. The maximum absolute atomic E-state index is 11.9. The Kier molecular flexibility index (Phi) is 4.59. The largest absolute Gasteiger partial charge is 0.469 e. The van der Waals surface area contributed by atoms with Crippen molar-refractivity contribution < 1.29 is 19.1 Å². The van der Waals surface area contributed by atoms with Crippen LogP contribution in [0.5, 0.6) is 0 Å². The molecule has 2 rings (SSSR count). The molecule has 1 aromatic rings. The van der Waals surface area contributed by atoms with Gasteiger partial charge in [0.15, 0.2) is 0 Å². The Labute approximate surface area is 123 Å². The summed E-state index contributed by atoms with van der Waals surface area (Å²) in [6.45, 7) is 0. The number of nitrogens with zero attached hydrogens (tertiary/aromatic N) is 1. The first-order chi connectivity index (χ1) is 10.1. The molecule has 21 heavy (non-hydrogen) atoms. The molecule has 0 amide bonds. The Bertz CT molecular complexity index is 603. The number of fused-ring (bicyclic) bond motifs is 1. The van der Waals surface area contributed by atoms with Gasteiger partial charge in [0.1, 0.15) is 0 Å². The van der Waals surface area contributed by atoms with E-state index in [1.165, 1.54) is 14.2 Å². The molecule has 0 aromatic heterocycles. The first-order valence-electron chi connectivity index (χ1n) is 6.76. The van der Waals surface area contributed by atoms with Gasteiger partial charge in [-0.1, -0.05) is 12.1 Å². The fraction of sp³-hybridized carbons (Fsp3) is 0.438. The number of methoxy groups -OCH3 is 2. The van der Waals surface area contributed by atoms with E-state index in [-0.39, 0.29) is 30.2 Å². The molecule has 0 bridgehead atoms. The Morgan fingerprint density at radius 1 is 1.29 bits per heavy atom. The summed E-state index contributed by atoms with van der Waals surface area (Å²) in [5.41, 5.74) is 2.34. The van der Waals surface area contributed by atoms with Crippen molar-refractivity contribution in [2.45, 2.75) is 19.3 Å². The molecule has 0 aliphatic heterocycles. The maximum atomic E-state index is 11.9. The monoisotopic (exact) mass is 287 g/mol. The predicted octanol–water partition coefficient (Wildman–Crippen LogP) is 1.89. The molecule has 1 aromatic carbocycles. The standard InChI is InChI=1S/C16H17NO4/c1-20-15(18)12-5-3-4-10-9-14(16(19)21-2)11(6-7-17)8-13(10)12/h3-5,11,14H,6,8-9H2,1-2H3. The molecule has 0 heterocycles. The number of ether oxygens (including phenoxy) is 2. The van der Waals surface area contributed by atoms with E-state index < -0.39 is 0 Å². The van der Waals surface area contributed by atoms with Gasteiger partial charge in [0.2, 0.25) is 0 Å². The third-order valence-corrected chi connectivity index (χ3v) is 4.01. The van der Waals surface area contributed by atoms with Gasteiger partial charge in [-0.25, -0.2) is 4.79 Å². The van der Waals surface area contributed by atoms with Crippen molar-refractivity contribution in [3.05, 3.63) is 34.9 Å². The van der Waals surface area contributed by atoms with Gasteiger partial charge in [-0.15, -0.1) is 0 Å². The lowest BCUT2D eigenvalue weighted by molar-refractivity contribution is -0.147. The summed E-state index contributed by atoms with van der Waals surface area (Å²) < 4.78 is 9.64. The maximum Gasteiger partial charge on any atom is 0.338 e.